The summed E-state index contributed by atoms with van der Waals surface area (Å²) in [6.07, 6.45) is 0. The summed E-state index contributed by atoms with van der Waals surface area (Å²) in [4.78, 5) is 18.0. The van der Waals surface area contributed by atoms with Gasteiger partial charge in [0.1, 0.15) is 5.75 Å². The SMILES string of the molecule is CCOc1ccc2[nH]c(=O)c(CN(CCO)C(c3nnnn3Cc3ccccc3)C(C)C)cc2c1. The fraction of sp³-hybridized carbons (Fsp3) is 0.385. The number of aliphatic hydroxyl groups excluding tert-OH is 1. The van der Waals surface area contributed by atoms with Crippen LogP contribution in [0.1, 0.15) is 43.8 Å². The summed E-state index contributed by atoms with van der Waals surface area (Å²) >= 11 is 0. The molecule has 0 fully saturated rings. The predicted molar refractivity (Wildman–Crippen MR) is 134 cm³/mol. The third kappa shape index (κ3) is 5.75. The Balaban J connectivity index is 1.68. The van der Waals surface area contributed by atoms with Gasteiger partial charge in [0, 0.05) is 29.6 Å². The Morgan fingerprint density at radius 2 is 1.94 bits per heavy atom. The monoisotopic (exact) mass is 476 g/mol. The van der Waals surface area contributed by atoms with E-state index in [4.69, 9.17) is 4.74 Å². The van der Waals surface area contributed by atoms with Crippen LogP contribution in [-0.4, -0.2) is 55.0 Å². The largest absolute Gasteiger partial charge is 0.494 e. The van der Waals surface area contributed by atoms with Gasteiger partial charge in [0.25, 0.3) is 5.56 Å². The van der Waals surface area contributed by atoms with Crippen LogP contribution < -0.4 is 10.3 Å². The van der Waals surface area contributed by atoms with E-state index in [9.17, 15) is 9.90 Å². The first-order chi connectivity index (χ1) is 17.0. The number of pyridine rings is 1. The summed E-state index contributed by atoms with van der Waals surface area (Å²) in [6, 6.07) is 17.3. The lowest BCUT2D eigenvalue weighted by atomic mass is 10.00. The van der Waals surface area contributed by atoms with Gasteiger partial charge in [0.15, 0.2) is 5.82 Å². The second-order valence-corrected chi connectivity index (χ2v) is 8.87. The molecule has 0 saturated heterocycles. The second-order valence-electron chi connectivity index (χ2n) is 8.87. The maximum Gasteiger partial charge on any atom is 0.252 e. The highest BCUT2D eigenvalue weighted by Crippen LogP contribution is 2.29. The van der Waals surface area contributed by atoms with Crippen molar-refractivity contribution in [3.05, 3.63) is 81.9 Å². The molecule has 0 saturated carbocycles. The van der Waals surface area contributed by atoms with Crippen LogP contribution >= 0.6 is 0 Å². The van der Waals surface area contributed by atoms with Crippen molar-refractivity contribution >= 4 is 10.9 Å². The van der Waals surface area contributed by atoms with Crippen LogP contribution in [0.15, 0.2) is 59.4 Å². The third-order valence-corrected chi connectivity index (χ3v) is 5.99. The number of aliphatic hydroxyl groups is 1. The van der Waals surface area contributed by atoms with Crippen LogP contribution in [0.4, 0.5) is 0 Å². The first-order valence-corrected chi connectivity index (χ1v) is 11.9. The van der Waals surface area contributed by atoms with Gasteiger partial charge in [-0.2, -0.15) is 0 Å². The molecule has 2 N–H and O–H groups in total. The Morgan fingerprint density at radius 3 is 2.66 bits per heavy atom. The highest BCUT2D eigenvalue weighted by atomic mass is 16.5. The molecular formula is C26H32N6O3. The van der Waals surface area contributed by atoms with Gasteiger partial charge in [0.2, 0.25) is 0 Å². The number of nitrogens with zero attached hydrogens (tertiary/aromatic N) is 5. The number of tetrazole rings is 1. The highest BCUT2D eigenvalue weighted by molar-refractivity contribution is 5.80. The Morgan fingerprint density at radius 1 is 1.14 bits per heavy atom. The Bertz CT molecular complexity index is 1300. The van der Waals surface area contributed by atoms with Crippen LogP contribution in [0.3, 0.4) is 0 Å². The molecular weight excluding hydrogens is 444 g/mol. The molecule has 4 aromatic rings. The topological polar surface area (TPSA) is 109 Å². The molecule has 0 spiro atoms. The normalized spacial score (nSPS) is 12.5. The van der Waals surface area contributed by atoms with E-state index in [-0.39, 0.29) is 24.1 Å². The van der Waals surface area contributed by atoms with E-state index in [1.54, 1.807) is 4.68 Å². The number of aromatic nitrogens is 5. The molecule has 2 aromatic heterocycles. The molecule has 1 unspecified atom stereocenters. The lowest BCUT2D eigenvalue weighted by Crippen LogP contribution is -2.37. The summed E-state index contributed by atoms with van der Waals surface area (Å²) < 4.78 is 7.42. The lowest BCUT2D eigenvalue weighted by Gasteiger charge is -2.33. The molecule has 4 rings (SSSR count). The summed E-state index contributed by atoms with van der Waals surface area (Å²) in [5.41, 5.74) is 2.29. The van der Waals surface area contributed by atoms with Crippen LogP contribution in [0.5, 0.6) is 5.75 Å². The van der Waals surface area contributed by atoms with Gasteiger partial charge >= 0.3 is 0 Å². The van der Waals surface area contributed by atoms with Gasteiger partial charge in [-0.05, 0) is 53.1 Å². The van der Waals surface area contributed by atoms with E-state index >= 15 is 0 Å². The fourth-order valence-electron chi connectivity index (χ4n) is 4.44. The number of benzene rings is 2. The number of fused-ring (bicyclic) bond motifs is 1. The standard InChI is InChI=1S/C26H32N6O3/c1-4-35-22-10-11-23-20(15-22)14-21(26(34)27-23)17-31(12-13-33)24(18(2)3)25-28-29-30-32(25)16-19-8-6-5-7-9-19/h5-11,14-15,18,24,33H,4,12-13,16-17H2,1-3H3,(H,27,34). The van der Waals surface area contributed by atoms with Crippen LogP contribution in [0.25, 0.3) is 10.9 Å². The number of hydrogen-bond acceptors (Lipinski definition) is 7. The summed E-state index contributed by atoms with van der Waals surface area (Å²) in [5.74, 6) is 1.59. The molecule has 0 aliphatic carbocycles. The molecule has 2 heterocycles. The van der Waals surface area contributed by atoms with Crippen LogP contribution in [-0.2, 0) is 13.1 Å². The van der Waals surface area contributed by atoms with Crippen molar-refractivity contribution in [1.82, 2.24) is 30.1 Å². The smallest absolute Gasteiger partial charge is 0.252 e. The number of H-pyrrole nitrogens is 1. The Hall–Kier alpha value is -3.56. The molecule has 9 nitrogen and oxygen atoms in total. The quantitative estimate of drug-likeness (QED) is 0.342. The maximum atomic E-state index is 12.9. The maximum absolute atomic E-state index is 12.9. The van der Waals surface area contributed by atoms with Gasteiger partial charge < -0.3 is 14.8 Å². The number of nitrogens with one attached hydrogen (secondary N) is 1. The molecule has 0 radical (unpaired) electrons. The third-order valence-electron chi connectivity index (χ3n) is 5.99. The molecule has 0 amide bonds. The molecule has 0 aliphatic rings. The number of rotatable bonds is 11. The average molecular weight is 477 g/mol. The minimum absolute atomic E-state index is 0.0521. The zero-order valence-electron chi connectivity index (χ0n) is 20.4. The lowest BCUT2D eigenvalue weighted by molar-refractivity contribution is 0.106. The van der Waals surface area contributed by atoms with E-state index in [1.807, 2.05) is 61.5 Å². The zero-order chi connectivity index (χ0) is 24.8. The summed E-state index contributed by atoms with van der Waals surface area (Å²) in [5, 5.41) is 23.3. The molecule has 2 aromatic carbocycles. The Labute approximate surface area is 204 Å². The fourth-order valence-corrected chi connectivity index (χ4v) is 4.44. The number of hydrogen-bond donors (Lipinski definition) is 2. The van der Waals surface area contributed by atoms with Gasteiger partial charge in [-0.25, -0.2) is 4.68 Å². The minimum atomic E-state index is -0.203. The van der Waals surface area contributed by atoms with Crippen LogP contribution in [0, 0.1) is 5.92 Å². The van der Waals surface area contributed by atoms with E-state index in [0.717, 1.165) is 22.2 Å². The van der Waals surface area contributed by atoms with E-state index < -0.39 is 0 Å². The molecule has 0 aliphatic heterocycles. The first-order valence-electron chi connectivity index (χ1n) is 11.9. The summed E-state index contributed by atoms with van der Waals surface area (Å²) in [6.45, 7) is 7.89. The highest BCUT2D eigenvalue weighted by Gasteiger charge is 2.29. The second kappa shape index (κ2) is 11.2. The molecule has 184 valence electrons. The van der Waals surface area contributed by atoms with Crippen molar-refractivity contribution in [3.63, 3.8) is 0 Å². The predicted octanol–water partition coefficient (Wildman–Crippen LogP) is 3.15. The van der Waals surface area contributed by atoms with Crippen molar-refractivity contribution in [1.29, 1.82) is 0 Å². The molecule has 1 atom stereocenters. The number of aromatic amines is 1. The van der Waals surface area contributed by atoms with Gasteiger partial charge in [-0.15, -0.1) is 5.10 Å². The van der Waals surface area contributed by atoms with E-state index in [0.29, 0.717) is 37.6 Å². The van der Waals surface area contributed by atoms with Crippen molar-refractivity contribution in [2.75, 3.05) is 19.8 Å². The molecule has 35 heavy (non-hydrogen) atoms. The minimum Gasteiger partial charge on any atom is -0.494 e. The van der Waals surface area contributed by atoms with Gasteiger partial charge in [-0.3, -0.25) is 9.69 Å². The van der Waals surface area contributed by atoms with Crippen molar-refractivity contribution in [3.8, 4) is 5.75 Å². The van der Waals surface area contributed by atoms with Crippen molar-refractivity contribution in [2.45, 2.75) is 39.9 Å². The molecule has 0 bridgehead atoms. The summed E-state index contributed by atoms with van der Waals surface area (Å²) in [7, 11) is 0. The van der Waals surface area contributed by atoms with E-state index in [2.05, 4.69) is 39.3 Å². The Kier molecular flexibility index (Phi) is 7.89. The first kappa shape index (κ1) is 24.6. The zero-order valence-corrected chi connectivity index (χ0v) is 20.4. The van der Waals surface area contributed by atoms with E-state index in [1.165, 1.54) is 0 Å². The van der Waals surface area contributed by atoms with Crippen molar-refractivity contribution in [2.24, 2.45) is 5.92 Å². The molecule has 9 heteroatoms. The average Bonchev–Trinajstić information content (AvgIpc) is 3.28. The van der Waals surface area contributed by atoms with Crippen molar-refractivity contribution < 1.29 is 9.84 Å². The van der Waals surface area contributed by atoms with Gasteiger partial charge in [0.05, 0.1) is 25.8 Å². The van der Waals surface area contributed by atoms with Gasteiger partial charge in [-0.1, -0.05) is 44.2 Å². The number of ether oxygens (including phenoxy) is 1. The van der Waals surface area contributed by atoms with Crippen LogP contribution in [0.2, 0.25) is 0 Å².